The molecule has 16 bridgehead atoms. The van der Waals surface area contributed by atoms with Crippen LogP contribution >= 0.6 is 0 Å². The fourth-order valence-electron chi connectivity index (χ4n) is 10.8. The lowest BCUT2D eigenvalue weighted by molar-refractivity contribution is 0.0268. The second-order valence-corrected chi connectivity index (χ2v) is 19.9. The van der Waals surface area contributed by atoms with E-state index in [-0.39, 0.29) is 0 Å². The number of benzene rings is 8. The normalized spacial score (nSPS) is 15.6. The molecular weight excluding hydrogens is 977 g/mol. The van der Waals surface area contributed by atoms with Gasteiger partial charge in [0.15, 0.2) is 0 Å². The lowest BCUT2D eigenvalue weighted by atomic mass is 9.91. The van der Waals surface area contributed by atoms with E-state index in [9.17, 15) is 0 Å². The summed E-state index contributed by atoms with van der Waals surface area (Å²) in [6.45, 7) is 5.49. The Hall–Kier alpha value is -7.60. The van der Waals surface area contributed by atoms with Gasteiger partial charge in [-0.05, 0) is 77.9 Å². The summed E-state index contributed by atoms with van der Waals surface area (Å²) in [7, 11) is 0. The molecular formula is C68H68O10. The van der Waals surface area contributed by atoms with Gasteiger partial charge in [0.1, 0.15) is 74.1 Å². The first-order valence-corrected chi connectivity index (χ1v) is 27.5. The average molecular weight is 1050 g/mol. The van der Waals surface area contributed by atoms with E-state index in [1.54, 1.807) is 0 Å². The number of rotatable bonds is 6. The van der Waals surface area contributed by atoms with Crippen LogP contribution in [-0.2, 0) is 70.7 Å². The fraction of sp³-hybridized carbons (Fsp3) is 0.294. The Morgan fingerprint density at radius 1 is 0.231 bits per heavy atom. The minimum atomic E-state index is 0.352. The molecule has 78 heavy (non-hydrogen) atoms. The van der Waals surface area contributed by atoms with E-state index < -0.39 is 0 Å². The predicted octanol–water partition coefficient (Wildman–Crippen LogP) is 12.3. The van der Waals surface area contributed by atoms with Crippen LogP contribution in [0.2, 0.25) is 0 Å². The van der Waals surface area contributed by atoms with Gasteiger partial charge in [0.2, 0.25) is 0 Å². The second-order valence-electron chi connectivity index (χ2n) is 19.9. The maximum Gasteiger partial charge on any atom is 0.126 e. The van der Waals surface area contributed by atoms with Crippen LogP contribution in [-0.4, -0.2) is 79.3 Å². The minimum absolute atomic E-state index is 0.352. The maximum atomic E-state index is 7.01. The van der Waals surface area contributed by atoms with Crippen LogP contribution in [0.5, 0.6) is 34.5 Å². The second kappa shape index (κ2) is 26.6. The molecule has 10 nitrogen and oxygen atoms in total. The zero-order valence-corrected chi connectivity index (χ0v) is 44.4. The third-order valence-electron chi connectivity index (χ3n) is 14.4. The Balaban J connectivity index is 1.12. The molecule has 0 unspecified atom stereocenters. The first-order valence-electron chi connectivity index (χ1n) is 27.5. The van der Waals surface area contributed by atoms with E-state index in [2.05, 4.69) is 158 Å². The van der Waals surface area contributed by atoms with Crippen LogP contribution in [0.15, 0.2) is 170 Å². The van der Waals surface area contributed by atoms with Crippen molar-refractivity contribution in [3.05, 3.63) is 248 Å². The quantitative estimate of drug-likeness (QED) is 0.160. The molecule has 1 aliphatic carbocycles. The molecule has 0 aromatic heterocycles. The van der Waals surface area contributed by atoms with Gasteiger partial charge in [0.05, 0.1) is 52.9 Å². The standard InChI is InChI=1S/C68H68O10/c1-3-13-49(14-4-1)47-77-67-59-25-11-26-60(67)44-56-22-8-18-52-42-54-20-10-24-58-46-62-28-12-27-61(68(62)78-48-50-15-5-2-6-16-50)45-57-23-9-19-53(65(57)75-39-35-71-31-32-72-36-40-76-66(54)58)41-51-17-7-21-55(43-59)63(51)73-37-33-69-29-30-70-34-38-74-64(52)56/h1-28H,29-48H2. The summed E-state index contributed by atoms with van der Waals surface area (Å²) in [5.41, 5.74) is 14.7. The van der Waals surface area contributed by atoms with Crippen molar-refractivity contribution in [2.45, 2.75) is 51.7 Å². The van der Waals surface area contributed by atoms with Crippen LogP contribution in [0.1, 0.15) is 77.9 Å². The first-order chi connectivity index (χ1) is 38.7. The van der Waals surface area contributed by atoms with E-state index in [0.29, 0.717) is 131 Å². The highest BCUT2D eigenvalue weighted by Gasteiger charge is 2.24. The number of hydrogen-bond acceptors (Lipinski definition) is 10. The zero-order chi connectivity index (χ0) is 52.6. The van der Waals surface area contributed by atoms with Gasteiger partial charge >= 0.3 is 0 Å². The van der Waals surface area contributed by atoms with E-state index in [4.69, 9.17) is 47.4 Å². The molecule has 11 rings (SSSR count). The van der Waals surface area contributed by atoms with Crippen molar-refractivity contribution in [1.29, 1.82) is 0 Å². The average Bonchev–Trinajstić information content (AvgIpc) is 3.46. The molecule has 0 N–H and O–H groups in total. The van der Waals surface area contributed by atoms with Crippen molar-refractivity contribution >= 4 is 0 Å². The predicted molar refractivity (Wildman–Crippen MR) is 302 cm³/mol. The Labute approximate surface area is 458 Å². The van der Waals surface area contributed by atoms with Crippen molar-refractivity contribution in [3.63, 3.8) is 0 Å². The summed E-state index contributed by atoms with van der Waals surface area (Å²) in [4.78, 5) is 0. The van der Waals surface area contributed by atoms with E-state index >= 15 is 0 Å². The zero-order valence-electron chi connectivity index (χ0n) is 44.4. The summed E-state index contributed by atoms with van der Waals surface area (Å²) in [5.74, 6) is 4.97. The highest BCUT2D eigenvalue weighted by molar-refractivity contribution is 5.57. The van der Waals surface area contributed by atoms with Gasteiger partial charge in [-0.25, -0.2) is 0 Å². The molecule has 3 aliphatic rings. The summed E-state index contributed by atoms with van der Waals surface area (Å²) >= 11 is 0. The molecule has 8 aromatic carbocycles. The van der Waals surface area contributed by atoms with Gasteiger partial charge in [-0.1, -0.05) is 170 Å². The highest BCUT2D eigenvalue weighted by atomic mass is 16.6. The molecule has 0 saturated heterocycles. The fourth-order valence-corrected chi connectivity index (χ4v) is 10.8. The smallest absolute Gasteiger partial charge is 0.126 e. The summed E-state index contributed by atoms with van der Waals surface area (Å²) in [6, 6.07) is 59.7. The van der Waals surface area contributed by atoms with E-state index in [1.807, 2.05) is 12.1 Å². The minimum Gasteiger partial charge on any atom is -0.491 e. The topological polar surface area (TPSA) is 92.3 Å². The molecule has 0 saturated carbocycles. The molecule has 400 valence electrons. The van der Waals surface area contributed by atoms with Crippen LogP contribution in [0, 0.1) is 0 Å². The van der Waals surface area contributed by atoms with E-state index in [1.165, 1.54) is 0 Å². The van der Waals surface area contributed by atoms with Gasteiger partial charge < -0.3 is 47.4 Å². The van der Waals surface area contributed by atoms with Crippen LogP contribution < -0.4 is 28.4 Å². The Bertz CT molecular complexity index is 2850. The Morgan fingerprint density at radius 2 is 0.449 bits per heavy atom. The van der Waals surface area contributed by atoms with Gasteiger partial charge in [-0.2, -0.15) is 0 Å². The maximum absolute atomic E-state index is 7.01. The molecule has 0 atom stereocenters. The molecule has 0 fully saturated rings. The monoisotopic (exact) mass is 1040 g/mol. The van der Waals surface area contributed by atoms with Crippen molar-refractivity contribution in [1.82, 2.24) is 0 Å². The highest BCUT2D eigenvalue weighted by Crippen LogP contribution is 2.41. The number of hydrogen-bond donors (Lipinski definition) is 0. The van der Waals surface area contributed by atoms with Crippen LogP contribution in [0.4, 0.5) is 0 Å². The van der Waals surface area contributed by atoms with Gasteiger partial charge in [-0.3, -0.25) is 0 Å². The van der Waals surface area contributed by atoms with Crippen molar-refractivity contribution < 1.29 is 47.4 Å². The first kappa shape index (κ1) is 52.5. The third-order valence-corrected chi connectivity index (χ3v) is 14.4. The van der Waals surface area contributed by atoms with Gasteiger partial charge in [0.25, 0.3) is 0 Å². The SMILES string of the molecule is c1ccc(COc2c3cccc2Cc2cccc4c2OCCOCCOCCOc2c(cccc2C3)Cc2cccc3c2OCCOCCOCCOc2c(cccc2Cc2cccc(c2OCc2ccccc2)C3)C4)cc1. The molecule has 0 radical (unpaired) electrons. The van der Waals surface area contributed by atoms with Gasteiger partial charge in [-0.15, -0.1) is 0 Å². The summed E-state index contributed by atoms with van der Waals surface area (Å²) in [5, 5.41) is 0. The number of ether oxygens (including phenoxy) is 10. The lowest BCUT2D eigenvalue weighted by Crippen LogP contribution is -2.15. The third kappa shape index (κ3) is 13.4. The Kier molecular flexibility index (Phi) is 17.9. The molecule has 0 spiro atoms. The van der Waals surface area contributed by atoms with Crippen molar-refractivity contribution in [2.24, 2.45) is 0 Å². The summed E-state index contributed by atoms with van der Waals surface area (Å²) in [6.07, 6.45) is 3.33. The molecule has 8 aromatic rings. The van der Waals surface area contributed by atoms with Crippen LogP contribution in [0.25, 0.3) is 0 Å². The number of para-hydroxylation sites is 6. The molecule has 2 aliphatic heterocycles. The summed E-state index contributed by atoms with van der Waals surface area (Å²) < 4.78 is 66.2. The van der Waals surface area contributed by atoms with Crippen LogP contribution in [0.3, 0.4) is 0 Å². The van der Waals surface area contributed by atoms with Crippen molar-refractivity contribution in [3.8, 4) is 34.5 Å². The molecule has 2 heterocycles. The molecule has 10 heteroatoms. The van der Waals surface area contributed by atoms with E-state index in [0.717, 1.165) is 112 Å². The van der Waals surface area contributed by atoms with Gasteiger partial charge in [0, 0.05) is 38.5 Å². The largest absolute Gasteiger partial charge is 0.491 e. The Morgan fingerprint density at radius 3 is 0.705 bits per heavy atom. The lowest BCUT2D eigenvalue weighted by Gasteiger charge is -2.22. The molecule has 0 amide bonds. The van der Waals surface area contributed by atoms with Crippen molar-refractivity contribution in [2.75, 3.05) is 79.3 Å².